The van der Waals surface area contributed by atoms with Crippen molar-refractivity contribution in [2.75, 3.05) is 4.90 Å². The molecule has 1 atom stereocenters. The van der Waals surface area contributed by atoms with Gasteiger partial charge >= 0.3 is 0 Å². The minimum Gasteiger partial charge on any atom is -0.384 e. The summed E-state index contributed by atoms with van der Waals surface area (Å²) in [5.74, 6) is -0.632. The predicted molar refractivity (Wildman–Crippen MR) is 151 cm³/mol. The van der Waals surface area contributed by atoms with Crippen LogP contribution in [0.15, 0.2) is 82.2 Å². The van der Waals surface area contributed by atoms with E-state index in [0.717, 1.165) is 32.8 Å². The summed E-state index contributed by atoms with van der Waals surface area (Å²) < 4.78 is 27.3. The summed E-state index contributed by atoms with van der Waals surface area (Å²) in [5.41, 5.74) is 12.7. The van der Waals surface area contributed by atoms with E-state index in [1.165, 1.54) is 24.3 Å². The molecule has 1 aliphatic heterocycles. The number of Topliss-reactive ketones (excluding diaryl/α,β-unsaturated/α-hetero) is 1. The molecule has 0 saturated heterocycles. The molecular formula is C31H26ClF2N3OS. The van der Waals surface area contributed by atoms with Crippen molar-refractivity contribution in [2.45, 2.75) is 49.7 Å². The number of hydrogen-bond donors (Lipinski definition) is 1. The van der Waals surface area contributed by atoms with Crippen LogP contribution in [-0.2, 0) is 10.5 Å². The van der Waals surface area contributed by atoms with Crippen LogP contribution < -0.4 is 10.6 Å². The lowest BCUT2D eigenvalue weighted by molar-refractivity contribution is -0.116. The summed E-state index contributed by atoms with van der Waals surface area (Å²) >= 11 is 7.68. The number of rotatable bonds is 5. The van der Waals surface area contributed by atoms with E-state index >= 15 is 0 Å². The molecule has 0 aromatic heterocycles. The molecule has 5 rings (SSSR count). The van der Waals surface area contributed by atoms with Crippen molar-refractivity contribution in [2.24, 2.45) is 5.73 Å². The molecule has 4 nitrogen and oxygen atoms in total. The maximum Gasteiger partial charge on any atom is 0.161 e. The molecule has 198 valence electrons. The van der Waals surface area contributed by atoms with Crippen LogP contribution in [0.1, 0.15) is 47.4 Å². The van der Waals surface area contributed by atoms with Crippen molar-refractivity contribution < 1.29 is 13.6 Å². The molecule has 3 aromatic rings. The SMILES string of the molecule is Cc1cc(C)c(C2C(C#N)=C(N)N(c3ccc(F)c(Cl)c3)C3=C2C(=O)CCC3)cc1CSc1ccc(F)cc1. The quantitative estimate of drug-likeness (QED) is 0.321. The van der Waals surface area contributed by atoms with Crippen LogP contribution in [0, 0.1) is 36.8 Å². The highest BCUT2D eigenvalue weighted by Crippen LogP contribution is 2.47. The van der Waals surface area contributed by atoms with Crippen molar-refractivity contribution in [3.05, 3.63) is 116 Å². The van der Waals surface area contributed by atoms with Gasteiger partial charge in [0.05, 0.1) is 22.6 Å². The van der Waals surface area contributed by atoms with E-state index in [2.05, 4.69) is 18.2 Å². The number of nitrogens with two attached hydrogens (primary N) is 1. The van der Waals surface area contributed by atoms with Gasteiger partial charge in [-0.25, -0.2) is 8.78 Å². The van der Waals surface area contributed by atoms with Crippen LogP contribution >= 0.6 is 23.4 Å². The van der Waals surface area contributed by atoms with E-state index in [-0.39, 0.29) is 28.0 Å². The average Bonchev–Trinajstić information content (AvgIpc) is 2.90. The minimum atomic E-state index is -0.611. The van der Waals surface area contributed by atoms with Gasteiger partial charge in [-0.3, -0.25) is 9.69 Å². The zero-order chi connectivity index (χ0) is 27.8. The van der Waals surface area contributed by atoms with Crippen LogP contribution in [0.25, 0.3) is 0 Å². The van der Waals surface area contributed by atoms with E-state index in [1.807, 2.05) is 13.8 Å². The molecule has 0 fully saturated rings. The Kier molecular flexibility index (Phi) is 7.53. The molecule has 0 spiro atoms. The Morgan fingerprint density at radius 1 is 1.08 bits per heavy atom. The normalized spacial score (nSPS) is 17.4. The Balaban J connectivity index is 1.62. The summed E-state index contributed by atoms with van der Waals surface area (Å²) in [6, 6.07) is 17.1. The first-order valence-corrected chi connectivity index (χ1v) is 14.0. The number of anilines is 1. The number of allylic oxidation sites excluding steroid dienone is 3. The number of carbonyl (C=O) groups excluding carboxylic acids is 1. The van der Waals surface area contributed by atoms with Crippen molar-refractivity contribution in [3.8, 4) is 6.07 Å². The standard InChI is InChI=1S/C31H26ClF2N3OS/c1-17-12-18(2)23(13-19(17)16-39-22-9-6-20(33)7-10-22)29-24(15-35)31(36)37(21-8-11-26(34)25(32)14-21)27-4-3-5-28(38)30(27)29/h6-14,29H,3-5,16,36H2,1-2H3. The highest BCUT2D eigenvalue weighted by molar-refractivity contribution is 7.98. The lowest BCUT2D eigenvalue weighted by Crippen LogP contribution is -2.39. The van der Waals surface area contributed by atoms with Gasteiger partial charge in [-0.05, 0) is 91.4 Å². The van der Waals surface area contributed by atoms with Gasteiger partial charge in [-0.2, -0.15) is 5.26 Å². The summed E-state index contributed by atoms with van der Waals surface area (Å²) in [6.07, 6.45) is 1.62. The molecule has 3 aromatic carbocycles. The second kappa shape index (κ2) is 10.9. The number of thioether (sulfide) groups is 1. The first-order chi connectivity index (χ1) is 18.7. The number of hydrogen-bond acceptors (Lipinski definition) is 5. The third-order valence-corrected chi connectivity index (χ3v) is 8.67. The van der Waals surface area contributed by atoms with Gasteiger partial charge in [0.2, 0.25) is 0 Å². The highest BCUT2D eigenvalue weighted by Gasteiger charge is 2.41. The number of aryl methyl sites for hydroxylation is 2. The Bertz CT molecular complexity index is 1590. The highest BCUT2D eigenvalue weighted by atomic mass is 35.5. The topological polar surface area (TPSA) is 70.1 Å². The van der Waals surface area contributed by atoms with Crippen molar-refractivity contribution >= 4 is 34.8 Å². The molecule has 1 aliphatic carbocycles. The number of carbonyl (C=O) groups is 1. The Morgan fingerprint density at radius 3 is 2.51 bits per heavy atom. The third kappa shape index (κ3) is 5.07. The van der Waals surface area contributed by atoms with Gasteiger partial charge in [0.25, 0.3) is 0 Å². The van der Waals surface area contributed by atoms with Gasteiger partial charge < -0.3 is 5.73 Å². The monoisotopic (exact) mass is 561 g/mol. The number of nitrogens with zero attached hydrogens (tertiary/aromatic N) is 2. The van der Waals surface area contributed by atoms with Crippen LogP contribution in [0.2, 0.25) is 5.02 Å². The largest absolute Gasteiger partial charge is 0.384 e. The summed E-state index contributed by atoms with van der Waals surface area (Å²) in [6.45, 7) is 4.01. The average molecular weight is 562 g/mol. The smallest absolute Gasteiger partial charge is 0.161 e. The van der Waals surface area contributed by atoms with Crippen molar-refractivity contribution in [1.82, 2.24) is 0 Å². The lowest BCUT2D eigenvalue weighted by atomic mass is 9.74. The Morgan fingerprint density at radius 2 is 1.82 bits per heavy atom. The maximum atomic E-state index is 14.0. The van der Waals surface area contributed by atoms with Crippen LogP contribution in [0.4, 0.5) is 14.5 Å². The lowest BCUT2D eigenvalue weighted by Gasteiger charge is -2.40. The van der Waals surface area contributed by atoms with Crippen LogP contribution in [0.5, 0.6) is 0 Å². The fraction of sp³-hybridized carbons (Fsp3) is 0.226. The molecule has 1 heterocycles. The third-order valence-electron chi connectivity index (χ3n) is 7.32. The fourth-order valence-electron chi connectivity index (χ4n) is 5.39. The predicted octanol–water partition coefficient (Wildman–Crippen LogP) is 7.83. The molecule has 2 N–H and O–H groups in total. The molecule has 8 heteroatoms. The van der Waals surface area contributed by atoms with Crippen molar-refractivity contribution in [3.63, 3.8) is 0 Å². The number of ketones is 1. The van der Waals surface area contributed by atoms with Crippen LogP contribution in [0.3, 0.4) is 0 Å². The van der Waals surface area contributed by atoms with Gasteiger partial charge in [-0.1, -0.05) is 23.7 Å². The molecule has 0 saturated carbocycles. The summed E-state index contributed by atoms with van der Waals surface area (Å²) in [5, 5.41) is 10.3. The molecule has 39 heavy (non-hydrogen) atoms. The first kappa shape index (κ1) is 27.0. The van der Waals surface area contributed by atoms with E-state index in [4.69, 9.17) is 17.3 Å². The van der Waals surface area contributed by atoms with Gasteiger partial charge in [0, 0.05) is 34.0 Å². The summed E-state index contributed by atoms with van der Waals surface area (Å²) in [4.78, 5) is 16.1. The summed E-state index contributed by atoms with van der Waals surface area (Å²) in [7, 11) is 0. The minimum absolute atomic E-state index is 0.0260. The second-order valence-corrected chi connectivity index (χ2v) is 11.2. The van der Waals surface area contributed by atoms with E-state index in [1.54, 1.807) is 34.9 Å². The second-order valence-electron chi connectivity index (χ2n) is 9.79. The van der Waals surface area contributed by atoms with E-state index in [0.29, 0.717) is 36.3 Å². The number of halogens is 3. The Labute approximate surface area is 235 Å². The number of nitriles is 1. The zero-order valence-corrected chi connectivity index (χ0v) is 23.1. The van der Waals surface area contributed by atoms with Gasteiger partial charge in [-0.15, -0.1) is 11.8 Å². The zero-order valence-electron chi connectivity index (χ0n) is 21.5. The van der Waals surface area contributed by atoms with Crippen molar-refractivity contribution in [1.29, 1.82) is 5.26 Å². The maximum absolute atomic E-state index is 14.0. The fourth-order valence-corrected chi connectivity index (χ4v) is 6.53. The molecule has 0 amide bonds. The number of benzene rings is 3. The molecule has 1 unspecified atom stereocenters. The molecular weight excluding hydrogens is 536 g/mol. The van der Waals surface area contributed by atoms with Gasteiger partial charge in [0.15, 0.2) is 5.78 Å². The van der Waals surface area contributed by atoms with Gasteiger partial charge in [0.1, 0.15) is 17.5 Å². The molecule has 2 aliphatic rings. The molecule has 0 bridgehead atoms. The van der Waals surface area contributed by atoms with E-state index in [9.17, 15) is 18.8 Å². The van der Waals surface area contributed by atoms with Crippen LogP contribution in [-0.4, -0.2) is 5.78 Å². The van der Waals surface area contributed by atoms with E-state index < -0.39 is 11.7 Å². The Hall–Kier alpha value is -3.60. The first-order valence-electron chi connectivity index (χ1n) is 12.6. The molecule has 0 radical (unpaired) electrons.